The molecular formula is C11H9Cl2N3O. The standard InChI is InChI=1S/C11H9Cl2N3O/c1-6-2-3-7(12)8(4-6)17-11-9(14)10(13)15-5-16-11/h2-5H,14H2,1H3. The molecule has 0 saturated heterocycles. The molecular weight excluding hydrogens is 261 g/mol. The molecule has 0 saturated carbocycles. The Balaban J connectivity index is 2.38. The summed E-state index contributed by atoms with van der Waals surface area (Å²) in [4.78, 5) is 7.64. The van der Waals surface area contributed by atoms with E-state index in [1.807, 2.05) is 13.0 Å². The number of rotatable bonds is 2. The van der Waals surface area contributed by atoms with Crippen LogP contribution in [0.1, 0.15) is 5.56 Å². The summed E-state index contributed by atoms with van der Waals surface area (Å²) in [6.07, 6.45) is 1.28. The maximum atomic E-state index is 6.00. The first-order chi connectivity index (χ1) is 8.08. The van der Waals surface area contributed by atoms with Crippen molar-refractivity contribution in [2.45, 2.75) is 6.92 Å². The van der Waals surface area contributed by atoms with Gasteiger partial charge in [-0.2, -0.15) is 4.98 Å². The van der Waals surface area contributed by atoms with E-state index in [0.717, 1.165) is 5.56 Å². The third-order valence-corrected chi connectivity index (χ3v) is 2.71. The molecule has 0 aliphatic heterocycles. The average Bonchev–Trinajstić information content (AvgIpc) is 2.30. The average molecular weight is 270 g/mol. The van der Waals surface area contributed by atoms with Gasteiger partial charge in [-0.15, -0.1) is 0 Å². The van der Waals surface area contributed by atoms with Gasteiger partial charge in [0.05, 0.1) is 5.02 Å². The van der Waals surface area contributed by atoms with Gasteiger partial charge in [0.25, 0.3) is 0 Å². The van der Waals surface area contributed by atoms with E-state index < -0.39 is 0 Å². The summed E-state index contributed by atoms with van der Waals surface area (Å²) < 4.78 is 5.51. The van der Waals surface area contributed by atoms with Gasteiger partial charge in [0.1, 0.15) is 17.8 Å². The van der Waals surface area contributed by atoms with Crippen LogP contribution < -0.4 is 10.5 Å². The summed E-state index contributed by atoms with van der Waals surface area (Å²) in [5, 5.41) is 0.628. The molecule has 0 amide bonds. The number of hydrogen-bond donors (Lipinski definition) is 1. The first-order valence-corrected chi connectivity index (χ1v) is 5.53. The summed E-state index contributed by atoms with van der Waals surface area (Å²) in [6, 6.07) is 5.41. The molecule has 0 fully saturated rings. The topological polar surface area (TPSA) is 61.0 Å². The monoisotopic (exact) mass is 269 g/mol. The molecule has 2 N–H and O–H groups in total. The van der Waals surface area contributed by atoms with E-state index in [1.54, 1.807) is 12.1 Å². The number of nitrogens with zero attached hydrogens (tertiary/aromatic N) is 2. The Hall–Kier alpha value is -1.52. The first-order valence-electron chi connectivity index (χ1n) is 4.78. The van der Waals surface area contributed by atoms with Crippen LogP contribution in [0.15, 0.2) is 24.5 Å². The van der Waals surface area contributed by atoms with Gasteiger partial charge in [0.2, 0.25) is 5.88 Å². The molecule has 0 aliphatic carbocycles. The van der Waals surface area contributed by atoms with Gasteiger partial charge in [-0.3, -0.25) is 0 Å². The lowest BCUT2D eigenvalue weighted by atomic mass is 10.2. The number of ether oxygens (including phenoxy) is 1. The van der Waals surface area contributed by atoms with Crippen LogP contribution >= 0.6 is 23.2 Å². The van der Waals surface area contributed by atoms with Crippen molar-refractivity contribution in [1.29, 1.82) is 0 Å². The van der Waals surface area contributed by atoms with E-state index in [1.165, 1.54) is 6.33 Å². The molecule has 0 bridgehead atoms. The number of nitrogens with two attached hydrogens (primary N) is 1. The largest absolute Gasteiger partial charge is 0.435 e. The van der Waals surface area contributed by atoms with Crippen LogP contribution in [0.5, 0.6) is 11.6 Å². The predicted octanol–water partition coefficient (Wildman–Crippen LogP) is 3.47. The lowest BCUT2D eigenvalue weighted by Gasteiger charge is -2.09. The SMILES string of the molecule is Cc1ccc(Cl)c(Oc2ncnc(Cl)c2N)c1. The summed E-state index contributed by atoms with van der Waals surface area (Å²) in [6.45, 7) is 1.93. The van der Waals surface area contributed by atoms with Crippen LogP contribution in [0.2, 0.25) is 10.2 Å². The van der Waals surface area contributed by atoms with Crippen LogP contribution in [0.4, 0.5) is 5.69 Å². The minimum atomic E-state index is 0.152. The normalized spacial score (nSPS) is 10.3. The van der Waals surface area contributed by atoms with E-state index >= 15 is 0 Å². The molecule has 0 aliphatic rings. The Morgan fingerprint density at radius 1 is 1.24 bits per heavy atom. The molecule has 1 aromatic carbocycles. The van der Waals surface area contributed by atoms with Crippen molar-refractivity contribution in [2.24, 2.45) is 0 Å². The van der Waals surface area contributed by atoms with Crippen molar-refractivity contribution in [3.63, 3.8) is 0 Å². The quantitative estimate of drug-likeness (QED) is 0.849. The fourth-order valence-corrected chi connectivity index (χ4v) is 1.51. The number of halogens is 2. The van der Waals surface area contributed by atoms with Crippen LogP contribution in [-0.2, 0) is 0 Å². The molecule has 0 unspecified atom stereocenters. The lowest BCUT2D eigenvalue weighted by Crippen LogP contribution is -1.97. The van der Waals surface area contributed by atoms with Crippen LogP contribution in [0.25, 0.3) is 0 Å². The van der Waals surface area contributed by atoms with Crippen molar-refractivity contribution in [1.82, 2.24) is 9.97 Å². The molecule has 2 rings (SSSR count). The van der Waals surface area contributed by atoms with Crippen molar-refractivity contribution in [3.05, 3.63) is 40.3 Å². The highest BCUT2D eigenvalue weighted by Crippen LogP contribution is 2.33. The first kappa shape index (κ1) is 12.0. The zero-order chi connectivity index (χ0) is 12.4. The highest BCUT2D eigenvalue weighted by molar-refractivity contribution is 6.32. The van der Waals surface area contributed by atoms with Gasteiger partial charge >= 0.3 is 0 Å². The van der Waals surface area contributed by atoms with Crippen molar-refractivity contribution in [3.8, 4) is 11.6 Å². The summed E-state index contributed by atoms with van der Waals surface area (Å²) in [5.41, 5.74) is 6.90. The molecule has 4 nitrogen and oxygen atoms in total. The Morgan fingerprint density at radius 2 is 2.00 bits per heavy atom. The lowest BCUT2D eigenvalue weighted by molar-refractivity contribution is 0.464. The van der Waals surface area contributed by atoms with Gasteiger partial charge in [0.15, 0.2) is 5.15 Å². The van der Waals surface area contributed by atoms with Crippen LogP contribution in [0.3, 0.4) is 0 Å². The Bertz CT molecular complexity index is 560. The number of nitrogen functional groups attached to an aromatic ring is 1. The third kappa shape index (κ3) is 2.60. The summed E-state index contributed by atoms with van der Waals surface area (Å²) >= 11 is 11.8. The minimum Gasteiger partial charge on any atom is -0.435 e. The Kier molecular flexibility index (Phi) is 3.36. The molecule has 0 spiro atoms. The maximum absolute atomic E-state index is 6.00. The number of aryl methyl sites for hydroxylation is 1. The predicted molar refractivity (Wildman–Crippen MR) is 67.7 cm³/mol. The smallest absolute Gasteiger partial charge is 0.247 e. The van der Waals surface area contributed by atoms with Gasteiger partial charge < -0.3 is 10.5 Å². The molecule has 1 heterocycles. The molecule has 1 aromatic heterocycles. The molecule has 6 heteroatoms. The minimum absolute atomic E-state index is 0.152. The van der Waals surface area contributed by atoms with Crippen molar-refractivity contribution >= 4 is 28.9 Å². The molecule has 17 heavy (non-hydrogen) atoms. The number of anilines is 1. The second-order valence-corrected chi connectivity index (χ2v) is 4.18. The van der Waals surface area contributed by atoms with Crippen LogP contribution in [-0.4, -0.2) is 9.97 Å². The van der Waals surface area contributed by atoms with E-state index in [-0.39, 0.29) is 16.7 Å². The number of benzene rings is 1. The van der Waals surface area contributed by atoms with Crippen LogP contribution in [0, 0.1) is 6.92 Å². The highest BCUT2D eigenvalue weighted by atomic mass is 35.5. The zero-order valence-corrected chi connectivity index (χ0v) is 10.5. The molecule has 2 aromatic rings. The van der Waals surface area contributed by atoms with Crippen molar-refractivity contribution in [2.75, 3.05) is 5.73 Å². The fourth-order valence-electron chi connectivity index (χ4n) is 1.23. The van der Waals surface area contributed by atoms with E-state index in [9.17, 15) is 0 Å². The van der Waals surface area contributed by atoms with Gasteiger partial charge in [-0.05, 0) is 24.6 Å². The molecule has 0 radical (unpaired) electrons. The van der Waals surface area contributed by atoms with Gasteiger partial charge in [-0.25, -0.2) is 4.98 Å². The van der Waals surface area contributed by atoms with E-state index in [2.05, 4.69) is 9.97 Å². The van der Waals surface area contributed by atoms with Crippen molar-refractivity contribution < 1.29 is 4.74 Å². The molecule has 0 atom stereocenters. The van der Waals surface area contributed by atoms with Gasteiger partial charge in [0, 0.05) is 0 Å². The second kappa shape index (κ2) is 4.77. The number of aromatic nitrogens is 2. The third-order valence-electron chi connectivity index (χ3n) is 2.09. The summed E-state index contributed by atoms with van der Waals surface area (Å²) in [5.74, 6) is 0.672. The molecule has 88 valence electrons. The Morgan fingerprint density at radius 3 is 2.76 bits per heavy atom. The highest BCUT2D eigenvalue weighted by Gasteiger charge is 2.10. The zero-order valence-electron chi connectivity index (χ0n) is 8.95. The maximum Gasteiger partial charge on any atom is 0.247 e. The Labute approximate surface area is 108 Å². The van der Waals surface area contributed by atoms with Gasteiger partial charge in [-0.1, -0.05) is 29.3 Å². The van der Waals surface area contributed by atoms with E-state index in [4.69, 9.17) is 33.7 Å². The fraction of sp³-hybridized carbons (Fsp3) is 0.0909. The summed E-state index contributed by atoms with van der Waals surface area (Å²) in [7, 11) is 0. The second-order valence-electron chi connectivity index (χ2n) is 3.42. The van der Waals surface area contributed by atoms with E-state index in [0.29, 0.717) is 10.8 Å². The number of hydrogen-bond acceptors (Lipinski definition) is 4.